The van der Waals surface area contributed by atoms with Crippen LogP contribution in [0.2, 0.25) is 0 Å². The van der Waals surface area contributed by atoms with E-state index in [1.165, 1.54) is 30.3 Å². The standard InChI is InChI=1S/C13H9.C8H11O.C3H6.2ClH.Zr/c1-3-7-12-10(5-1)9-11-6-2-4-8-13(11)12;9-7-3-6-8-4-1-2-5-8;1-3-2;;;/h1-9H;1,4,9H,2-3,6-7H2;1-2H3;2*1H;/q2*-1;;;;+2/p-2. The van der Waals surface area contributed by atoms with Gasteiger partial charge >= 0.3 is 41.3 Å². The minimum atomic E-state index is 0. The van der Waals surface area contributed by atoms with Gasteiger partial charge in [-0.3, -0.25) is 6.08 Å². The first-order valence-corrected chi connectivity index (χ1v) is 10.3. The molecule has 148 valence electrons. The normalized spacial score (nSPS) is 11.4. The first kappa shape index (κ1) is 27.1. The maximum Gasteiger partial charge on any atom is 0.0433 e. The van der Waals surface area contributed by atoms with Crippen molar-refractivity contribution < 1.29 is 54.2 Å². The number of hydrogen-bond acceptors (Lipinski definition) is 1. The Morgan fingerprint density at radius 3 is 1.93 bits per heavy atom. The number of rotatable bonds is 3. The molecule has 0 saturated heterocycles. The molecular weight excluding hydrogens is 466 g/mol. The summed E-state index contributed by atoms with van der Waals surface area (Å²) in [6, 6.07) is 19.3. The van der Waals surface area contributed by atoms with Crippen molar-refractivity contribution in [3.63, 3.8) is 0 Å². The number of fused-ring (bicyclic) bond motifs is 3. The first-order chi connectivity index (χ1) is 12.6. The second-order valence-corrected chi connectivity index (χ2v) is 8.91. The molecule has 0 radical (unpaired) electrons. The molecule has 0 aliphatic heterocycles. The van der Waals surface area contributed by atoms with E-state index in [0.29, 0.717) is 6.61 Å². The zero-order chi connectivity index (χ0) is 18.8. The van der Waals surface area contributed by atoms with E-state index in [1.807, 2.05) is 0 Å². The fourth-order valence-electron chi connectivity index (χ4n) is 2.80. The zero-order valence-corrected chi connectivity index (χ0v) is 20.4. The van der Waals surface area contributed by atoms with Gasteiger partial charge in [0.1, 0.15) is 0 Å². The molecule has 0 fully saturated rings. The maximum absolute atomic E-state index is 8.46. The monoisotopic (exact) mass is 490 g/mol. The Balaban J connectivity index is 0.000000432. The fraction of sp³-hybridized carbons (Fsp3) is 0.250. The Kier molecular flexibility index (Phi) is 14.5. The van der Waals surface area contributed by atoms with Crippen LogP contribution in [0.3, 0.4) is 0 Å². The van der Waals surface area contributed by atoms with E-state index in [0.717, 1.165) is 19.3 Å². The smallest absolute Gasteiger partial charge is 0.0433 e. The van der Waals surface area contributed by atoms with Crippen LogP contribution in [0, 0.1) is 6.08 Å². The molecule has 4 rings (SSSR count). The van der Waals surface area contributed by atoms with Crippen molar-refractivity contribution in [2.75, 3.05) is 6.61 Å². The van der Waals surface area contributed by atoms with Gasteiger partial charge in [-0.05, 0) is 6.42 Å². The van der Waals surface area contributed by atoms with Crippen LogP contribution in [0.15, 0.2) is 72.3 Å². The van der Waals surface area contributed by atoms with Crippen molar-refractivity contribution in [2.45, 2.75) is 33.1 Å². The largest absolute Gasteiger partial charge is 1.00 e. The Morgan fingerprint density at radius 1 is 1.00 bits per heavy atom. The second kappa shape index (κ2) is 15.0. The molecular formula is C24H26Cl2OZr-2. The molecule has 1 aliphatic rings. The van der Waals surface area contributed by atoms with E-state index in [2.05, 4.69) is 86.7 Å². The fourth-order valence-corrected chi connectivity index (χ4v) is 2.80. The van der Waals surface area contributed by atoms with Crippen LogP contribution in [-0.4, -0.2) is 14.9 Å². The van der Waals surface area contributed by atoms with Crippen molar-refractivity contribution >= 4 is 24.8 Å². The van der Waals surface area contributed by atoms with Crippen molar-refractivity contribution in [2.24, 2.45) is 0 Å². The minimum absolute atomic E-state index is 0. The van der Waals surface area contributed by atoms with Gasteiger partial charge in [0.15, 0.2) is 0 Å². The van der Waals surface area contributed by atoms with Gasteiger partial charge in [-0.15, -0.1) is 46.2 Å². The Morgan fingerprint density at radius 2 is 1.50 bits per heavy atom. The van der Waals surface area contributed by atoms with Crippen LogP contribution in [0.5, 0.6) is 0 Å². The predicted molar refractivity (Wildman–Crippen MR) is 110 cm³/mol. The van der Waals surface area contributed by atoms with E-state index in [4.69, 9.17) is 5.11 Å². The molecule has 0 bridgehead atoms. The van der Waals surface area contributed by atoms with E-state index in [-0.39, 0.29) is 24.8 Å². The number of halogens is 2. The molecule has 0 amide bonds. The van der Waals surface area contributed by atoms with Gasteiger partial charge in [-0.1, -0.05) is 42.8 Å². The molecule has 1 aliphatic carbocycles. The van der Waals surface area contributed by atoms with Gasteiger partial charge in [-0.2, -0.15) is 6.08 Å². The molecule has 1 N–H and O–H groups in total. The molecule has 0 aromatic heterocycles. The number of hydrogen-bond donors (Lipinski definition) is 1. The van der Waals surface area contributed by atoms with E-state index >= 15 is 0 Å². The number of allylic oxidation sites excluding steroid dienone is 4. The molecule has 4 heteroatoms. The van der Waals surface area contributed by atoms with Gasteiger partial charge in [0.05, 0.1) is 0 Å². The van der Waals surface area contributed by atoms with Gasteiger partial charge in [0, 0.05) is 6.61 Å². The number of benzene rings is 2. The summed E-state index contributed by atoms with van der Waals surface area (Å²) in [6.45, 7) is 4.54. The first-order valence-electron chi connectivity index (χ1n) is 9.04. The van der Waals surface area contributed by atoms with Crippen molar-refractivity contribution in [3.05, 3.63) is 78.4 Å². The average molecular weight is 493 g/mol. The number of aliphatic hydroxyl groups is 1. The minimum Gasteiger partial charge on any atom is -1.00 e. The van der Waals surface area contributed by atoms with Crippen LogP contribution in [0.1, 0.15) is 33.1 Å². The van der Waals surface area contributed by atoms with E-state index < -0.39 is 0 Å². The molecule has 0 atom stereocenters. The van der Waals surface area contributed by atoms with E-state index in [9.17, 15) is 0 Å². The molecule has 0 heterocycles. The Hall–Kier alpha value is -0.917. The summed E-state index contributed by atoms with van der Waals surface area (Å²) < 4.78 is 1.51. The average Bonchev–Trinajstić information content (AvgIpc) is 3.27. The van der Waals surface area contributed by atoms with Crippen molar-refractivity contribution in [1.82, 2.24) is 0 Å². The van der Waals surface area contributed by atoms with Crippen LogP contribution < -0.4 is 24.8 Å². The summed E-state index contributed by atoms with van der Waals surface area (Å²) in [7, 11) is 0. The third-order valence-electron chi connectivity index (χ3n) is 3.89. The summed E-state index contributed by atoms with van der Waals surface area (Å²) in [5.74, 6) is 0. The van der Waals surface area contributed by atoms with E-state index in [1.54, 1.807) is 24.2 Å². The molecule has 3 aromatic rings. The van der Waals surface area contributed by atoms with Gasteiger partial charge in [-0.25, -0.2) is 11.6 Å². The van der Waals surface area contributed by atoms with Crippen LogP contribution in [-0.2, 0) is 24.2 Å². The molecule has 0 spiro atoms. The summed E-state index contributed by atoms with van der Waals surface area (Å²) in [4.78, 5) is 0. The summed E-state index contributed by atoms with van der Waals surface area (Å²) in [5, 5.41) is 13.9. The third kappa shape index (κ3) is 9.05. The van der Waals surface area contributed by atoms with Crippen LogP contribution in [0.4, 0.5) is 0 Å². The predicted octanol–water partition coefficient (Wildman–Crippen LogP) is -0.0863. The molecule has 0 unspecified atom stereocenters. The third-order valence-corrected chi connectivity index (χ3v) is 3.89. The van der Waals surface area contributed by atoms with Crippen LogP contribution in [0.25, 0.3) is 21.5 Å². The second-order valence-electron chi connectivity index (χ2n) is 6.45. The van der Waals surface area contributed by atoms with Gasteiger partial charge < -0.3 is 29.9 Å². The van der Waals surface area contributed by atoms with Crippen molar-refractivity contribution in [3.8, 4) is 0 Å². The molecule has 1 nitrogen and oxygen atoms in total. The summed E-state index contributed by atoms with van der Waals surface area (Å²) in [5.41, 5.74) is 1.25. The zero-order valence-electron chi connectivity index (χ0n) is 16.4. The topological polar surface area (TPSA) is 20.2 Å². The number of aliphatic hydroxyl groups excluding tert-OH is 1. The Bertz CT molecular complexity index is 855. The molecule has 3 aromatic carbocycles. The van der Waals surface area contributed by atoms with Crippen molar-refractivity contribution in [1.29, 1.82) is 0 Å². The summed E-state index contributed by atoms with van der Waals surface area (Å²) >= 11 is 1.55. The quantitative estimate of drug-likeness (QED) is 0.507. The van der Waals surface area contributed by atoms with Crippen LogP contribution >= 0.6 is 0 Å². The molecule has 28 heavy (non-hydrogen) atoms. The molecule has 0 saturated carbocycles. The SMILES string of the molecule is C[C](C)=[Zr+2].OCCCC1=[C-]CC=C1.[Cl-].[Cl-].c1ccc2c(c1)[cH-]c1ccccc12. The maximum atomic E-state index is 8.46. The van der Waals surface area contributed by atoms with Gasteiger partial charge in [0.2, 0.25) is 0 Å². The summed E-state index contributed by atoms with van der Waals surface area (Å²) in [6.07, 6.45) is 10.2. The Labute approximate surface area is 196 Å². The van der Waals surface area contributed by atoms with Gasteiger partial charge in [0.25, 0.3) is 0 Å².